The number of hydrogen-bond donors (Lipinski definition) is 2. The lowest BCUT2D eigenvalue weighted by Gasteiger charge is -2.34. The first-order chi connectivity index (χ1) is 14.6. The lowest BCUT2D eigenvalue weighted by molar-refractivity contribution is -0.144. The number of halogens is 1. The Morgan fingerprint density at radius 3 is 2.65 bits per heavy atom. The van der Waals surface area contributed by atoms with Gasteiger partial charge in [-0.2, -0.15) is 0 Å². The quantitative estimate of drug-likeness (QED) is 0.738. The number of likely N-dealkylation sites (tertiary alicyclic amines) is 1. The highest BCUT2D eigenvalue weighted by Crippen LogP contribution is 2.35. The van der Waals surface area contributed by atoms with Gasteiger partial charge in [-0.1, -0.05) is 26.0 Å². The summed E-state index contributed by atoms with van der Waals surface area (Å²) in [7, 11) is 2.94. The summed E-state index contributed by atoms with van der Waals surface area (Å²) in [4.78, 5) is 27.2. The van der Waals surface area contributed by atoms with Crippen molar-refractivity contribution in [2.24, 2.45) is 5.41 Å². The van der Waals surface area contributed by atoms with Gasteiger partial charge in [0.1, 0.15) is 29.3 Å². The maximum Gasteiger partial charge on any atom is 0.248 e. The fourth-order valence-corrected chi connectivity index (χ4v) is 3.87. The molecule has 0 saturated carbocycles. The monoisotopic (exact) mass is 433 g/mol. The van der Waals surface area contributed by atoms with E-state index < -0.39 is 29.4 Å². The Morgan fingerprint density at radius 1 is 1.35 bits per heavy atom. The average molecular weight is 433 g/mol. The van der Waals surface area contributed by atoms with Crippen molar-refractivity contribution in [3.8, 4) is 17.0 Å². The number of β-amino-alcohol motifs (C(OH)–C–C–N with tert-alkyl or cyclic N) is 1. The molecule has 3 rings (SSSR count). The van der Waals surface area contributed by atoms with E-state index in [2.05, 4.69) is 15.6 Å². The number of likely N-dealkylation sites (N-methyl/N-ethyl adjacent to an activating group) is 1. The van der Waals surface area contributed by atoms with Crippen LogP contribution in [0.5, 0.6) is 5.75 Å². The molecule has 1 aromatic carbocycles. The van der Waals surface area contributed by atoms with E-state index in [9.17, 15) is 19.1 Å². The Morgan fingerprint density at radius 2 is 2.06 bits per heavy atom. The van der Waals surface area contributed by atoms with Crippen molar-refractivity contribution < 1.29 is 23.8 Å². The maximum atomic E-state index is 14.5. The molecule has 2 heterocycles. The number of aromatic nitrogens is 3. The molecule has 0 spiro atoms. The van der Waals surface area contributed by atoms with Crippen molar-refractivity contribution in [2.45, 2.75) is 45.4 Å². The van der Waals surface area contributed by atoms with Crippen LogP contribution in [0.2, 0.25) is 0 Å². The van der Waals surface area contributed by atoms with Gasteiger partial charge in [0.25, 0.3) is 0 Å². The third kappa shape index (κ3) is 4.53. The number of amides is 2. The van der Waals surface area contributed by atoms with Crippen LogP contribution in [0.15, 0.2) is 24.4 Å². The molecular weight excluding hydrogens is 405 g/mol. The van der Waals surface area contributed by atoms with Crippen molar-refractivity contribution in [3.05, 3.63) is 30.2 Å². The second-order valence-electron chi connectivity index (χ2n) is 8.71. The van der Waals surface area contributed by atoms with Gasteiger partial charge in [0, 0.05) is 31.6 Å². The minimum atomic E-state index is -0.812. The zero-order valence-electron chi connectivity index (χ0n) is 18.3. The Labute approximate surface area is 180 Å². The first-order valence-electron chi connectivity index (χ1n) is 10.0. The molecule has 1 aliphatic rings. The van der Waals surface area contributed by atoms with Crippen LogP contribution in [0.25, 0.3) is 11.3 Å². The number of carbonyl (C=O) groups is 2. The summed E-state index contributed by atoms with van der Waals surface area (Å²) >= 11 is 0. The fraction of sp³-hybridized carbons (Fsp3) is 0.524. The number of methoxy groups -OCH3 is 1. The van der Waals surface area contributed by atoms with E-state index in [0.29, 0.717) is 5.75 Å². The summed E-state index contributed by atoms with van der Waals surface area (Å²) in [6.45, 7) is 5.66. The van der Waals surface area contributed by atoms with E-state index in [0.717, 1.165) is 0 Å². The largest absolute Gasteiger partial charge is 0.497 e. The van der Waals surface area contributed by atoms with Gasteiger partial charge in [0.15, 0.2) is 0 Å². The van der Waals surface area contributed by atoms with Crippen LogP contribution in [0, 0.1) is 11.2 Å². The smallest absolute Gasteiger partial charge is 0.248 e. The number of aliphatic hydroxyl groups is 1. The van der Waals surface area contributed by atoms with Gasteiger partial charge in [-0.3, -0.25) is 9.59 Å². The van der Waals surface area contributed by atoms with Crippen LogP contribution in [-0.4, -0.2) is 69.7 Å². The van der Waals surface area contributed by atoms with Crippen LogP contribution < -0.4 is 10.1 Å². The van der Waals surface area contributed by atoms with Crippen LogP contribution in [0.4, 0.5) is 4.39 Å². The Balaban J connectivity index is 1.96. The molecule has 0 aliphatic carbocycles. The number of nitrogens with one attached hydrogen (secondary N) is 1. The number of rotatable bonds is 5. The van der Waals surface area contributed by atoms with E-state index in [-0.39, 0.29) is 36.0 Å². The molecule has 2 unspecified atom stereocenters. The summed E-state index contributed by atoms with van der Waals surface area (Å²) < 4.78 is 20.9. The Kier molecular flexibility index (Phi) is 6.30. The SMILES string of the molecule is CNC(=O)[C@H]1CC(O)CN1C(=O)C(n1cc(-c2ccc(OC)cc2F)nn1)C(C)(C)C. The molecule has 3 atom stereocenters. The maximum absolute atomic E-state index is 14.5. The molecule has 9 nitrogen and oxygen atoms in total. The number of hydrogen-bond acceptors (Lipinski definition) is 6. The van der Waals surface area contributed by atoms with Gasteiger partial charge < -0.3 is 20.1 Å². The van der Waals surface area contributed by atoms with Crippen LogP contribution in [0.3, 0.4) is 0 Å². The molecule has 10 heteroatoms. The molecule has 0 bridgehead atoms. The first-order valence-corrected chi connectivity index (χ1v) is 10.0. The van der Waals surface area contributed by atoms with Crippen LogP contribution in [-0.2, 0) is 9.59 Å². The van der Waals surface area contributed by atoms with Crippen molar-refractivity contribution in [1.29, 1.82) is 0 Å². The molecule has 1 fully saturated rings. The second kappa shape index (κ2) is 8.62. The third-order valence-electron chi connectivity index (χ3n) is 5.39. The standard InChI is InChI=1S/C21H28FN5O4/c1-21(2,3)18(20(30)26-10-12(28)8-17(26)19(29)23-4)27-11-16(24-25-27)14-7-6-13(31-5)9-15(14)22/h6-7,9,11-12,17-18,28H,8,10H2,1-5H3,(H,23,29)/t12?,17-,18?/m1/s1. The van der Waals surface area contributed by atoms with Gasteiger partial charge in [0.05, 0.1) is 19.4 Å². The van der Waals surface area contributed by atoms with Gasteiger partial charge >= 0.3 is 0 Å². The molecular formula is C21H28FN5O4. The molecule has 2 N–H and O–H groups in total. The summed E-state index contributed by atoms with van der Waals surface area (Å²) in [5.41, 5.74) is -0.0973. The molecule has 2 aromatic rings. The van der Waals surface area contributed by atoms with Gasteiger partial charge in [-0.05, 0) is 17.5 Å². The molecule has 31 heavy (non-hydrogen) atoms. The van der Waals surface area contributed by atoms with Gasteiger partial charge in [0.2, 0.25) is 11.8 Å². The average Bonchev–Trinajstić information content (AvgIpc) is 3.33. The lowest BCUT2D eigenvalue weighted by atomic mass is 9.85. The summed E-state index contributed by atoms with van der Waals surface area (Å²) in [5, 5.41) is 20.8. The highest BCUT2D eigenvalue weighted by molar-refractivity contribution is 5.90. The van der Waals surface area contributed by atoms with Gasteiger partial charge in [-0.25, -0.2) is 9.07 Å². The molecule has 168 valence electrons. The van der Waals surface area contributed by atoms with E-state index >= 15 is 0 Å². The molecule has 1 aliphatic heterocycles. The highest BCUT2D eigenvalue weighted by Gasteiger charge is 2.45. The zero-order valence-corrected chi connectivity index (χ0v) is 18.3. The van der Waals surface area contributed by atoms with E-state index in [1.807, 2.05) is 20.8 Å². The number of benzene rings is 1. The highest BCUT2D eigenvalue weighted by atomic mass is 19.1. The number of ether oxygens (including phenoxy) is 1. The summed E-state index contributed by atoms with van der Waals surface area (Å²) in [6.07, 6.45) is 0.897. The normalized spacial score (nSPS) is 19.9. The Bertz CT molecular complexity index is 971. The zero-order chi connectivity index (χ0) is 22.9. The van der Waals surface area contributed by atoms with Crippen molar-refractivity contribution in [3.63, 3.8) is 0 Å². The number of carbonyl (C=O) groups excluding carboxylic acids is 2. The molecule has 1 aromatic heterocycles. The predicted molar refractivity (Wildman–Crippen MR) is 111 cm³/mol. The molecule has 0 radical (unpaired) electrons. The van der Waals surface area contributed by atoms with E-state index in [1.165, 1.54) is 42.1 Å². The topological polar surface area (TPSA) is 110 Å². The summed E-state index contributed by atoms with van der Waals surface area (Å²) in [5.74, 6) is -0.835. The van der Waals surface area contributed by atoms with E-state index in [4.69, 9.17) is 4.74 Å². The Hall–Kier alpha value is -3.01. The number of nitrogens with zero attached hydrogens (tertiary/aromatic N) is 4. The van der Waals surface area contributed by atoms with Crippen molar-refractivity contribution in [1.82, 2.24) is 25.2 Å². The lowest BCUT2D eigenvalue weighted by Crippen LogP contribution is -2.49. The van der Waals surface area contributed by atoms with Gasteiger partial charge in [-0.15, -0.1) is 5.10 Å². The predicted octanol–water partition coefficient (Wildman–Crippen LogP) is 1.39. The molecule has 2 amide bonds. The minimum absolute atomic E-state index is 0.0537. The second-order valence-corrected chi connectivity index (χ2v) is 8.71. The minimum Gasteiger partial charge on any atom is -0.497 e. The first kappa shape index (κ1) is 22.7. The summed E-state index contributed by atoms with van der Waals surface area (Å²) in [6, 6.07) is 2.82. The number of aliphatic hydroxyl groups excluding tert-OH is 1. The van der Waals surface area contributed by atoms with E-state index in [1.54, 1.807) is 6.07 Å². The van der Waals surface area contributed by atoms with Crippen molar-refractivity contribution >= 4 is 11.8 Å². The van der Waals surface area contributed by atoms with Crippen LogP contribution >= 0.6 is 0 Å². The molecule has 1 saturated heterocycles. The third-order valence-corrected chi connectivity index (χ3v) is 5.39. The van der Waals surface area contributed by atoms with Crippen LogP contribution in [0.1, 0.15) is 33.2 Å². The van der Waals surface area contributed by atoms with Crippen molar-refractivity contribution in [2.75, 3.05) is 20.7 Å². The fourth-order valence-electron chi connectivity index (χ4n) is 3.87.